The Kier molecular flexibility index (Phi) is 4.45. The number of carbonyl (C=O) groups is 4. The number of anilines is 2. The van der Waals surface area contributed by atoms with Crippen LogP contribution >= 0.6 is 0 Å². The van der Waals surface area contributed by atoms with Crippen LogP contribution in [-0.2, 0) is 19.2 Å². The number of nitrogens with zero attached hydrogens (tertiary/aromatic N) is 1. The van der Waals surface area contributed by atoms with Crippen molar-refractivity contribution in [1.82, 2.24) is 0 Å². The molecule has 7 nitrogen and oxygen atoms in total. The maximum absolute atomic E-state index is 12.8. The molecule has 7 heteroatoms. The Labute approximate surface area is 156 Å². The average molecular weight is 370 g/mol. The van der Waals surface area contributed by atoms with Crippen LogP contribution in [0.5, 0.6) is 0 Å². The summed E-state index contributed by atoms with van der Waals surface area (Å²) in [6.45, 7) is 0. The van der Waals surface area contributed by atoms with Crippen molar-refractivity contribution in [3.63, 3.8) is 0 Å². The van der Waals surface area contributed by atoms with E-state index in [9.17, 15) is 19.2 Å². The number of hydrogen-bond donors (Lipinski definition) is 2. The van der Waals surface area contributed by atoms with Gasteiger partial charge in [0.15, 0.2) is 0 Å². The van der Waals surface area contributed by atoms with Crippen LogP contribution in [0.4, 0.5) is 11.4 Å². The van der Waals surface area contributed by atoms with E-state index in [1.807, 2.05) is 0 Å². The first-order valence-corrected chi connectivity index (χ1v) is 9.45. The molecule has 0 radical (unpaired) electrons. The number of carboxylic acids is 1. The van der Waals surface area contributed by atoms with Crippen LogP contribution in [0.25, 0.3) is 0 Å². The molecule has 0 aromatic heterocycles. The molecule has 3 aliphatic rings. The molecule has 3 fully saturated rings. The second kappa shape index (κ2) is 6.79. The van der Waals surface area contributed by atoms with Crippen LogP contribution in [0.1, 0.15) is 38.5 Å². The number of imide groups is 1. The Morgan fingerprint density at radius 2 is 1.59 bits per heavy atom. The van der Waals surface area contributed by atoms with Crippen molar-refractivity contribution in [3.05, 3.63) is 24.3 Å². The van der Waals surface area contributed by atoms with Crippen molar-refractivity contribution in [1.29, 1.82) is 0 Å². The number of hydrogen-bond acceptors (Lipinski definition) is 4. The molecule has 2 bridgehead atoms. The lowest BCUT2D eigenvalue weighted by Gasteiger charge is -2.19. The standard InChI is InChI=1S/C20H22N2O5/c23-15(2-1-3-16(24)25)21-13-6-8-14(9-7-13)22-19(26)17-11-4-5-12(10-11)18(17)20(22)27/h6-9,11-12,17-18H,1-5,10H2,(H,21,23)(H,24,25)/t11-,12-,17-,18+/m0/s1. The lowest BCUT2D eigenvalue weighted by Crippen LogP contribution is -2.32. The average Bonchev–Trinajstić information content (AvgIpc) is 3.30. The number of rotatable bonds is 6. The molecule has 1 saturated heterocycles. The van der Waals surface area contributed by atoms with Gasteiger partial charge in [0, 0.05) is 18.5 Å². The van der Waals surface area contributed by atoms with Crippen LogP contribution in [0.2, 0.25) is 0 Å². The van der Waals surface area contributed by atoms with E-state index in [-0.39, 0.29) is 48.8 Å². The molecular weight excluding hydrogens is 348 g/mol. The molecule has 1 aliphatic heterocycles. The predicted molar refractivity (Wildman–Crippen MR) is 96.9 cm³/mol. The highest BCUT2D eigenvalue weighted by molar-refractivity contribution is 6.22. The summed E-state index contributed by atoms with van der Waals surface area (Å²) >= 11 is 0. The Hall–Kier alpha value is -2.70. The molecule has 2 N–H and O–H groups in total. The number of amides is 3. The minimum absolute atomic E-state index is 0.0458. The monoisotopic (exact) mass is 370 g/mol. The van der Waals surface area contributed by atoms with Crippen LogP contribution < -0.4 is 10.2 Å². The third-order valence-corrected chi connectivity index (χ3v) is 6.13. The number of benzene rings is 1. The number of nitrogens with one attached hydrogen (secondary N) is 1. The molecule has 142 valence electrons. The SMILES string of the molecule is O=C(O)CCCC(=O)Nc1ccc(N2C(=O)[C@@H]3[C@H]4CC[C@@H](C4)[C@@H]3C2=O)cc1. The highest BCUT2D eigenvalue weighted by Gasteiger charge is 2.61. The summed E-state index contributed by atoms with van der Waals surface area (Å²) in [7, 11) is 0. The fourth-order valence-electron chi connectivity index (χ4n) is 4.98. The zero-order valence-corrected chi connectivity index (χ0v) is 14.9. The van der Waals surface area contributed by atoms with E-state index in [1.165, 1.54) is 4.90 Å². The predicted octanol–water partition coefficient (Wildman–Crippen LogP) is 2.42. The summed E-state index contributed by atoms with van der Waals surface area (Å²) < 4.78 is 0. The number of fused-ring (bicyclic) bond motifs is 5. The lowest BCUT2D eigenvalue weighted by molar-refractivity contribution is -0.137. The molecule has 4 atom stereocenters. The lowest BCUT2D eigenvalue weighted by atomic mass is 9.81. The van der Waals surface area contributed by atoms with E-state index < -0.39 is 5.97 Å². The van der Waals surface area contributed by atoms with Gasteiger partial charge in [-0.15, -0.1) is 0 Å². The molecule has 4 rings (SSSR count). The molecule has 2 aliphatic carbocycles. The largest absolute Gasteiger partial charge is 0.481 e. The van der Waals surface area contributed by atoms with Gasteiger partial charge in [0.25, 0.3) is 0 Å². The Balaban J connectivity index is 1.41. The molecule has 1 aromatic carbocycles. The van der Waals surface area contributed by atoms with Crippen molar-refractivity contribution in [2.24, 2.45) is 23.7 Å². The fraction of sp³-hybridized carbons (Fsp3) is 0.500. The minimum atomic E-state index is -0.926. The Morgan fingerprint density at radius 3 is 2.15 bits per heavy atom. The van der Waals surface area contributed by atoms with Gasteiger partial charge >= 0.3 is 5.97 Å². The zero-order valence-electron chi connectivity index (χ0n) is 14.9. The van der Waals surface area contributed by atoms with Gasteiger partial charge in [0.1, 0.15) is 0 Å². The minimum Gasteiger partial charge on any atom is -0.481 e. The summed E-state index contributed by atoms with van der Waals surface area (Å²) in [5.41, 5.74) is 1.10. The van der Waals surface area contributed by atoms with E-state index in [2.05, 4.69) is 5.32 Å². The smallest absolute Gasteiger partial charge is 0.303 e. The summed E-state index contributed by atoms with van der Waals surface area (Å²) in [6.07, 6.45) is 3.46. The normalized spacial score (nSPS) is 28.5. The summed E-state index contributed by atoms with van der Waals surface area (Å²) in [5, 5.41) is 11.3. The van der Waals surface area contributed by atoms with Crippen molar-refractivity contribution in [2.45, 2.75) is 38.5 Å². The summed E-state index contributed by atoms with van der Waals surface area (Å²) in [6, 6.07) is 6.67. The molecule has 0 unspecified atom stereocenters. The molecule has 0 spiro atoms. The molecule has 1 heterocycles. The third-order valence-electron chi connectivity index (χ3n) is 6.13. The van der Waals surface area contributed by atoms with Gasteiger partial charge in [-0.2, -0.15) is 0 Å². The molecule has 1 aromatic rings. The third kappa shape index (κ3) is 3.11. The zero-order chi connectivity index (χ0) is 19.1. The van der Waals surface area contributed by atoms with Crippen molar-refractivity contribution in [2.75, 3.05) is 10.2 Å². The first kappa shape index (κ1) is 17.7. The number of carboxylic acid groups (broad SMARTS) is 1. The van der Waals surface area contributed by atoms with Gasteiger partial charge < -0.3 is 10.4 Å². The molecule has 27 heavy (non-hydrogen) atoms. The van der Waals surface area contributed by atoms with Gasteiger partial charge in [-0.1, -0.05) is 0 Å². The number of carbonyl (C=O) groups excluding carboxylic acids is 3. The molecule has 3 amide bonds. The topological polar surface area (TPSA) is 104 Å². The van der Waals surface area contributed by atoms with Crippen LogP contribution in [0.3, 0.4) is 0 Å². The maximum atomic E-state index is 12.8. The van der Waals surface area contributed by atoms with E-state index in [1.54, 1.807) is 24.3 Å². The first-order valence-electron chi connectivity index (χ1n) is 9.45. The van der Waals surface area contributed by atoms with Crippen molar-refractivity contribution >= 4 is 35.1 Å². The van der Waals surface area contributed by atoms with E-state index >= 15 is 0 Å². The number of aliphatic carboxylic acids is 1. The second-order valence-electron chi connectivity index (χ2n) is 7.74. The highest BCUT2D eigenvalue weighted by Crippen LogP contribution is 2.56. The van der Waals surface area contributed by atoms with Gasteiger partial charge in [0.2, 0.25) is 17.7 Å². The van der Waals surface area contributed by atoms with Crippen molar-refractivity contribution in [3.8, 4) is 0 Å². The van der Waals surface area contributed by atoms with Gasteiger partial charge in [-0.05, 0) is 61.8 Å². The van der Waals surface area contributed by atoms with Crippen LogP contribution in [-0.4, -0.2) is 28.8 Å². The van der Waals surface area contributed by atoms with E-state index in [0.29, 0.717) is 23.2 Å². The van der Waals surface area contributed by atoms with E-state index in [0.717, 1.165) is 19.3 Å². The van der Waals surface area contributed by atoms with Crippen LogP contribution in [0.15, 0.2) is 24.3 Å². The van der Waals surface area contributed by atoms with Gasteiger partial charge in [0.05, 0.1) is 17.5 Å². The maximum Gasteiger partial charge on any atom is 0.303 e. The molecular formula is C20H22N2O5. The highest BCUT2D eigenvalue weighted by atomic mass is 16.4. The Bertz CT molecular complexity index is 775. The van der Waals surface area contributed by atoms with E-state index in [4.69, 9.17) is 5.11 Å². The quantitative estimate of drug-likeness (QED) is 0.749. The second-order valence-corrected chi connectivity index (χ2v) is 7.74. The van der Waals surface area contributed by atoms with Crippen LogP contribution in [0, 0.1) is 23.7 Å². The molecule has 2 saturated carbocycles. The fourth-order valence-corrected chi connectivity index (χ4v) is 4.98. The van der Waals surface area contributed by atoms with Gasteiger partial charge in [-0.25, -0.2) is 0 Å². The first-order chi connectivity index (χ1) is 13.0. The summed E-state index contributed by atoms with van der Waals surface area (Å²) in [4.78, 5) is 49.2. The van der Waals surface area contributed by atoms with Gasteiger partial charge in [-0.3, -0.25) is 24.1 Å². The summed E-state index contributed by atoms with van der Waals surface area (Å²) in [5.74, 6) is -0.939. The van der Waals surface area contributed by atoms with Crippen molar-refractivity contribution < 1.29 is 24.3 Å². The Morgan fingerprint density at radius 1 is 1.00 bits per heavy atom.